The third-order valence-electron chi connectivity index (χ3n) is 2.36. The molecule has 3 heteroatoms. The Balaban J connectivity index is 2.21. The van der Waals surface area contributed by atoms with Crippen LogP contribution in [0.4, 0.5) is 0 Å². The standard InChI is InChI=1S/C14H16O3/c1-10(2)17-12-6-3-5-11(9-12)14(15)13-7-4-8-16-13/h3-10,14-15H,1-2H3/t14-/m0/s1. The Morgan fingerprint density at radius 3 is 2.65 bits per heavy atom. The molecule has 90 valence electrons. The lowest BCUT2D eigenvalue weighted by Gasteiger charge is -2.13. The summed E-state index contributed by atoms with van der Waals surface area (Å²) in [4.78, 5) is 0. The Hall–Kier alpha value is -1.74. The summed E-state index contributed by atoms with van der Waals surface area (Å²) in [6.07, 6.45) is 0.916. The molecule has 1 N–H and O–H groups in total. The smallest absolute Gasteiger partial charge is 0.137 e. The summed E-state index contributed by atoms with van der Waals surface area (Å²) in [5.41, 5.74) is 0.762. The van der Waals surface area contributed by atoms with Gasteiger partial charge in [0.15, 0.2) is 0 Å². The highest BCUT2D eigenvalue weighted by Gasteiger charge is 2.13. The molecule has 0 amide bonds. The van der Waals surface area contributed by atoms with E-state index in [0.717, 1.165) is 11.3 Å². The van der Waals surface area contributed by atoms with Gasteiger partial charge in [0, 0.05) is 0 Å². The van der Waals surface area contributed by atoms with Gasteiger partial charge in [-0.25, -0.2) is 0 Å². The zero-order chi connectivity index (χ0) is 12.3. The van der Waals surface area contributed by atoms with Crippen molar-refractivity contribution in [3.63, 3.8) is 0 Å². The summed E-state index contributed by atoms with van der Waals surface area (Å²) in [6, 6.07) is 10.9. The van der Waals surface area contributed by atoms with E-state index in [-0.39, 0.29) is 6.10 Å². The van der Waals surface area contributed by atoms with Gasteiger partial charge in [-0.1, -0.05) is 12.1 Å². The van der Waals surface area contributed by atoms with E-state index in [4.69, 9.17) is 9.15 Å². The van der Waals surface area contributed by atoms with Gasteiger partial charge in [0.2, 0.25) is 0 Å². The summed E-state index contributed by atoms with van der Waals surface area (Å²) < 4.78 is 10.8. The first-order valence-electron chi connectivity index (χ1n) is 5.65. The summed E-state index contributed by atoms with van der Waals surface area (Å²) >= 11 is 0. The van der Waals surface area contributed by atoms with Crippen LogP contribution in [0.2, 0.25) is 0 Å². The van der Waals surface area contributed by atoms with Gasteiger partial charge >= 0.3 is 0 Å². The number of ether oxygens (including phenoxy) is 1. The van der Waals surface area contributed by atoms with Crippen molar-refractivity contribution in [2.75, 3.05) is 0 Å². The Morgan fingerprint density at radius 1 is 1.18 bits per heavy atom. The molecule has 1 heterocycles. The highest BCUT2D eigenvalue weighted by molar-refractivity contribution is 5.32. The zero-order valence-corrected chi connectivity index (χ0v) is 9.96. The minimum absolute atomic E-state index is 0.117. The molecule has 2 aromatic rings. The molecule has 3 nitrogen and oxygen atoms in total. The number of benzene rings is 1. The van der Waals surface area contributed by atoms with E-state index in [0.29, 0.717) is 5.76 Å². The summed E-state index contributed by atoms with van der Waals surface area (Å²) in [7, 11) is 0. The number of aliphatic hydroxyl groups is 1. The molecule has 0 aliphatic carbocycles. The van der Waals surface area contributed by atoms with Gasteiger partial charge in [-0.05, 0) is 43.7 Å². The minimum atomic E-state index is -0.749. The molecule has 2 rings (SSSR count). The summed E-state index contributed by atoms with van der Waals surface area (Å²) in [5.74, 6) is 1.29. The molecule has 0 unspecified atom stereocenters. The maximum atomic E-state index is 10.1. The van der Waals surface area contributed by atoms with Gasteiger partial charge in [0.25, 0.3) is 0 Å². The van der Waals surface area contributed by atoms with Gasteiger partial charge in [-0.3, -0.25) is 0 Å². The zero-order valence-electron chi connectivity index (χ0n) is 9.96. The second-order valence-corrected chi connectivity index (χ2v) is 4.16. The first kappa shape index (κ1) is 11.7. The van der Waals surface area contributed by atoms with Crippen LogP contribution in [-0.4, -0.2) is 11.2 Å². The lowest BCUT2D eigenvalue weighted by atomic mass is 10.1. The number of rotatable bonds is 4. The Kier molecular flexibility index (Phi) is 3.49. The highest BCUT2D eigenvalue weighted by Crippen LogP contribution is 2.25. The van der Waals surface area contributed by atoms with Crippen molar-refractivity contribution in [2.24, 2.45) is 0 Å². The second-order valence-electron chi connectivity index (χ2n) is 4.16. The molecule has 0 radical (unpaired) electrons. The van der Waals surface area contributed by atoms with Crippen LogP contribution in [0, 0.1) is 0 Å². The van der Waals surface area contributed by atoms with Gasteiger partial charge in [0.1, 0.15) is 17.6 Å². The summed E-state index contributed by atoms with van der Waals surface area (Å²) in [6.45, 7) is 3.94. The molecule has 0 saturated heterocycles. The Bertz CT molecular complexity index is 460. The average molecular weight is 232 g/mol. The van der Waals surface area contributed by atoms with Gasteiger partial charge in [0.05, 0.1) is 12.4 Å². The van der Waals surface area contributed by atoms with E-state index in [1.54, 1.807) is 18.4 Å². The number of aliphatic hydroxyl groups excluding tert-OH is 1. The van der Waals surface area contributed by atoms with Crippen molar-refractivity contribution in [2.45, 2.75) is 26.1 Å². The largest absolute Gasteiger partial charge is 0.491 e. The van der Waals surface area contributed by atoms with Crippen LogP contribution in [0.3, 0.4) is 0 Å². The first-order valence-corrected chi connectivity index (χ1v) is 5.65. The SMILES string of the molecule is CC(C)Oc1cccc([C@H](O)c2ccco2)c1. The molecular weight excluding hydrogens is 216 g/mol. The van der Waals surface area contributed by atoms with Crippen LogP contribution in [0.1, 0.15) is 31.3 Å². The third kappa shape index (κ3) is 2.88. The van der Waals surface area contributed by atoms with Crippen molar-refractivity contribution in [3.8, 4) is 5.75 Å². The molecule has 0 bridgehead atoms. The number of furan rings is 1. The van der Waals surface area contributed by atoms with Crippen molar-refractivity contribution < 1.29 is 14.3 Å². The van der Waals surface area contributed by atoms with E-state index in [1.807, 2.05) is 38.1 Å². The number of hydrogen-bond donors (Lipinski definition) is 1. The predicted molar refractivity (Wildman–Crippen MR) is 65.0 cm³/mol. The van der Waals surface area contributed by atoms with E-state index < -0.39 is 6.10 Å². The molecule has 1 aromatic carbocycles. The fraction of sp³-hybridized carbons (Fsp3) is 0.286. The molecule has 0 spiro atoms. The highest BCUT2D eigenvalue weighted by atomic mass is 16.5. The molecular formula is C14H16O3. The lowest BCUT2D eigenvalue weighted by molar-refractivity contribution is 0.188. The first-order chi connectivity index (χ1) is 8.16. The molecule has 1 atom stereocenters. The van der Waals surface area contributed by atoms with E-state index in [2.05, 4.69) is 0 Å². The molecule has 0 aliphatic heterocycles. The van der Waals surface area contributed by atoms with Crippen LogP contribution in [0.15, 0.2) is 47.1 Å². The molecule has 0 fully saturated rings. The molecule has 1 aromatic heterocycles. The van der Waals surface area contributed by atoms with Crippen LogP contribution < -0.4 is 4.74 Å². The topological polar surface area (TPSA) is 42.6 Å². The fourth-order valence-corrected chi connectivity index (χ4v) is 1.64. The van der Waals surface area contributed by atoms with Crippen LogP contribution in [0.5, 0.6) is 5.75 Å². The van der Waals surface area contributed by atoms with Crippen LogP contribution in [0.25, 0.3) is 0 Å². The average Bonchev–Trinajstić information content (AvgIpc) is 2.81. The van der Waals surface area contributed by atoms with Crippen molar-refractivity contribution >= 4 is 0 Å². The quantitative estimate of drug-likeness (QED) is 0.880. The van der Waals surface area contributed by atoms with Crippen LogP contribution >= 0.6 is 0 Å². The normalized spacial score (nSPS) is 12.7. The van der Waals surface area contributed by atoms with Crippen LogP contribution in [-0.2, 0) is 0 Å². The Labute approximate surface area is 101 Å². The van der Waals surface area contributed by atoms with Crippen molar-refractivity contribution in [1.82, 2.24) is 0 Å². The van der Waals surface area contributed by atoms with E-state index in [1.165, 1.54) is 0 Å². The molecule has 17 heavy (non-hydrogen) atoms. The van der Waals surface area contributed by atoms with Gasteiger partial charge in [-0.2, -0.15) is 0 Å². The number of hydrogen-bond acceptors (Lipinski definition) is 3. The maximum Gasteiger partial charge on any atom is 0.137 e. The monoisotopic (exact) mass is 232 g/mol. The fourth-order valence-electron chi connectivity index (χ4n) is 1.64. The Morgan fingerprint density at radius 2 is 2.00 bits per heavy atom. The third-order valence-corrected chi connectivity index (χ3v) is 2.36. The molecule has 0 aliphatic rings. The minimum Gasteiger partial charge on any atom is -0.491 e. The van der Waals surface area contributed by atoms with Crippen molar-refractivity contribution in [1.29, 1.82) is 0 Å². The lowest BCUT2D eigenvalue weighted by Crippen LogP contribution is -2.06. The van der Waals surface area contributed by atoms with Gasteiger partial charge < -0.3 is 14.3 Å². The second kappa shape index (κ2) is 5.06. The van der Waals surface area contributed by atoms with E-state index >= 15 is 0 Å². The molecule has 0 saturated carbocycles. The van der Waals surface area contributed by atoms with Crippen molar-refractivity contribution in [3.05, 3.63) is 54.0 Å². The van der Waals surface area contributed by atoms with E-state index in [9.17, 15) is 5.11 Å². The maximum absolute atomic E-state index is 10.1. The van der Waals surface area contributed by atoms with Gasteiger partial charge in [-0.15, -0.1) is 0 Å². The summed E-state index contributed by atoms with van der Waals surface area (Å²) in [5, 5.41) is 10.1. The predicted octanol–water partition coefficient (Wildman–Crippen LogP) is 3.15.